The van der Waals surface area contributed by atoms with E-state index in [-0.39, 0.29) is 12.1 Å². The van der Waals surface area contributed by atoms with E-state index in [1.807, 2.05) is 0 Å². The molecular formula is C10H19NO2. The highest BCUT2D eigenvalue weighted by molar-refractivity contribution is 4.80. The zero-order valence-corrected chi connectivity index (χ0v) is 8.08. The Bertz CT molecular complexity index is 153. The summed E-state index contributed by atoms with van der Waals surface area (Å²) in [6.07, 6.45) is 5.34. The highest BCUT2D eigenvalue weighted by atomic mass is 16.6. The molecule has 1 saturated heterocycles. The molecule has 2 rings (SSSR count). The maximum absolute atomic E-state index is 6.02. The van der Waals surface area contributed by atoms with Gasteiger partial charge < -0.3 is 15.2 Å². The first-order valence-corrected chi connectivity index (χ1v) is 5.31. The fourth-order valence-electron chi connectivity index (χ4n) is 1.77. The number of nitrogens with two attached hydrogens (primary N) is 1. The summed E-state index contributed by atoms with van der Waals surface area (Å²) >= 11 is 0. The molecular weight excluding hydrogens is 166 g/mol. The van der Waals surface area contributed by atoms with Gasteiger partial charge in [0.2, 0.25) is 0 Å². The average Bonchev–Trinajstić information content (AvgIpc) is 2.99. The lowest BCUT2D eigenvalue weighted by atomic mass is 10.0. The van der Waals surface area contributed by atoms with Crippen molar-refractivity contribution in [3.8, 4) is 0 Å². The zero-order valence-electron chi connectivity index (χ0n) is 8.08. The predicted octanol–water partition coefficient (Wildman–Crippen LogP) is 0.919. The Balaban J connectivity index is 1.64. The molecule has 76 valence electrons. The minimum Gasteiger partial charge on any atom is -0.376 e. The fourth-order valence-corrected chi connectivity index (χ4v) is 1.77. The van der Waals surface area contributed by atoms with Crippen LogP contribution in [-0.2, 0) is 9.47 Å². The molecule has 2 unspecified atom stereocenters. The minimum absolute atomic E-state index is 0.146. The van der Waals surface area contributed by atoms with Crippen LogP contribution in [-0.4, -0.2) is 32.0 Å². The summed E-state index contributed by atoms with van der Waals surface area (Å²) in [5, 5.41) is 0. The van der Waals surface area contributed by atoms with Crippen molar-refractivity contribution in [1.82, 2.24) is 0 Å². The molecule has 0 aromatic heterocycles. The van der Waals surface area contributed by atoms with E-state index in [1.165, 1.54) is 19.3 Å². The maximum Gasteiger partial charge on any atom is 0.0959 e. The van der Waals surface area contributed by atoms with Crippen molar-refractivity contribution < 1.29 is 9.47 Å². The van der Waals surface area contributed by atoms with E-state index >= 15 is 0 Å². The highest BCUT2D eigenvalue weighted by Crippen LogP contribution is 2.34. The molecule has 0 radical (unpaired) electrons. The van der Waals surface area contributed by atoms with E-state index in [1.54, 1.807) is 0 Å². The third-order valence-electron chi connectivity index (χ3n) is 2.92. The second-order valence-corrected chi connectivity index (χ2v) is 4.17. The third kappa shape index (κ3) is 2.93. The summed E-state index contributed by atoms with van der Waals surface area (Å²) in [7, 11) is 0. The number of rotatable bonds is 4. The lowest BCUT2D eigenvalue weighted by Gasteiger charge is -2.27. The molecule has 1 saturated carbocycles. The number of ether oxygens (including phenoxy) is 2. The van der Waals surface area contributed by atoms with E-state index in [9.17, 15) is 0 Å². The van der Waals surface area contributed by atoms with Gasteiger partial charge in [0.25, 0.3) is 0 Å². The molecule has 3 heteroatoms. The van der Waals surface area contributed by atoms with Crippen molar-refractivity contribution in [2.45, 2.75) is 37.8 Å². The third-order valence-corrected chi connectivity index (χ3v) is 2.92. The lowest BCUT2D eigenvalue weighted by molar-refractivity contribution is -0.0978. The van der Waals surface area contributed by atoms with Crippen molar-refractivity contribution in [3.63, 3.8) is 0 Å². The van der Waals surface area contributed by atoms with Gasteiger partial charge in [0.15, 0.2) is 0 Å². The van der Waals surface area contributed by atoms with Crippen LogP contribution in [0, 0.1) is 5.92 Å². The van der Waals surface area contributed by atoms with Gasteiger partial charge in [-0.3, -0.25) is 0 Å². The molecule has 2 fully saturated rings. The van der Waals surface area contributed by atoms with Gasteiger partial charge >= 0.3 is 0 Å². The smallest absolute Gasteiger partial charge is 0.0959 e. The van der Waals surface area contributed by atoms with Crippen LogP contribution in [0.1, 0.15) is 25.7 Å². The molecule has 0 spiro atoms. The van der Waals surface area contributed by atoms with Crippen LogP contribution in [0.3, 0.4) is 0 Å². The molecule has 1 heterocycles. The molecule has 2 aliphatic rings. The first-order chi connectivity index (χ1) is 6.36. The monoisotopic (exact) mass is 185 g/mol. The van der Waals surface area contributed by atoms with Crippen LogP contribution < -0.4 is 5.73 Å². The van der Waals surface area contributed by atoms with Crippen LogP contribution in [0.25, 0.3) is 0 Å². The van der Waals surface area contributed by atoms with E-state index in [2.05, 4.69) is 0 Å². The molecule has 2 N–H and O–H groups in total. The summed E-state index contributed by atoms with van der Waals surface area (Å²) in [5.41, 5.74) is 6.02. The van der Waals surface area contributed by atoms with E-state index in [4.69, 9.17) is 15.2 Å². The molecule has 0 bridgehead atoms. The van der Waals surface area contributed by atoms with E-state index in [0.29, 0.717) is 13.2 Å². The molecule has 3 nitrogen and oxygen atoms in total. The Kier molecular flexibility index (Phi) is 3.19. The second-order valence-electron chi connectivity index (χ2n) is 4.17. The second kappa shape index (κ2) is 4.40. The number of hydrogen-bond donors (Lipinski definition) is 1. The zero-order chi connectivity index (χ0) is 9.10. The van der Waals surface area contributed by atoms with Crippen molar-refractivity contribution in [1.29, 1.82) is 0 Å². The van der Waals surface area contributed by atoms with Crippen molar-refractivity contribution in [3.05, 3.63) is 0 Å². The Morgan fingerprint density at radius 1 is 1.31 bits per heavy atom. The molecule has 0 aromatic rings. The molecule has 2 atom stereocenters. The Morgan fingerprint density at radius 2 is 2.15 bits per heavy atom. The molecule has 1 aliphatic carbocycles. The number of hydrogen-bond acceptors (Lipinski definition) is 3. The van der Waals surface area contributed by atoms with Crippen LogP contribution in [0.4, 0.5) is 0 Å². The van der Waals surface area contributed by atoms with Gasteiger partial charge in [-0.05, 0) is 18.8 Å². The first kappa shape index (κ1) is 9.44. The molecule has 0 amide bonds. The minimum atomic E-state index is 0.146. The quantitative estimate of drug-likeness (QED) is 0.708. The fraction of sp³-hybridized carbons (Fsp3) is 1.00. The Labute approximate surface area is 79.6 Å². The average molecular weight is 185 g/mol. The van der Waals surface area contributed by atoms with Gasteiger partial charge in [-0.25, -0.2) is 0 Å². The molecule has 1 aliphatic heterocycles. The van der Waals surface area contributed by atoms with Crippen LogP contribution >= 0.6 is 0 Å². The van der Waals surface area contributed by atoms with Gasteiger partial charge in [-0.1, -0.05) is 12.8 Å². The van der Waals surface area contributed by atoms with Crippen LogP contribution in [0.5, 0.6) is 0 Å². The van der Waals surface area contributed by atoms with Gasteiger partial charge in [0.05, 0.1) is 25.9 Å². The normalized spacial score (nSPS) is 31.6. The van der Waals surface area contributed by atoms with Gasteiger partial charge in [0.1, 0.15) is 0 Å². The predicted molar refractivity (Wildman–Crippen MR) is 50.5 cm³/mol. The van der Waals surface area contributed by atoms with Crippen molar-refractivity contribution in [2.75, 3.05) is 19.8 Å². The van der Waals surface area contributed by atoms with Gasteiger partial charge in [-0.2, -0.15) is 0 Å². The van der Waals surface area contributed by atoms with E-state index < -0.39 is 0 Å². The summed E-state index contributed by atoms with van der Waals surface area (Å²) < 4.78 is 10.9. The standard InChI is InChI=1S/C10H19NO2/c11-9(4-3-8-1-2-8)10-7-12-5-6-13-10/h8-10H,1-7,11H2. The van der Waals surface area contributed by atoms with Crippen molar-refractivity contribution in [2.24, 2.45) is 11.7 Å². The topological polar surface area (TPSA) is 44.5 Å². The van der Waals surface area contributed by atoms with Gasteiger partial charge in [-0.15, -0.1) is 0 Å². The SMILES string of the molecule is NC(CCC1CC1)C1COCCO1. The van der Waals surface area contributed by atoms with Crippen LogP contribution in [0.15, 0.2) is 0 Å². The highest BCUT2D eigenvalue weighted by Gasteiger charge is 2.26. The summed E-state index contributed by atoms with van der Waals surface area (Å²) in [4.78, 5) is 0. The van der Waals surface area contributed by atoms with Crippen molar-refractivity contribution >= 4 is 0 Å². The molecule has 0 aromatic carbocycles. The Morgan fingerprint density at radius 3 is 2.77 bits per heavy atom. The van der Waals surface area contributed by atoms with Crippen LogP contribution in [0.2, 0.25) is 0 Å². The lowest BCUT2D eigenvalue weighted by Crippen LogP contribution is -2.43. The summed E-state index contributed by atoms with van der Waals surface area (Å²) in [6, 6.07) is 0.181. The largest absolute Gasteiger partial charge is 0.376 e. The summed E-state index contributed by atoms with van der Waals surface area (Å²) in [6.45, 7) is 2.12. The Hall–Kier alpha value is -0.120. The molecule has 13 heavy (non-hydrogen) atoms. The first-order valence-electron chi connectivity index (χ1n) is 5.31. The van der Waals surface area contributed by atoms with Gasteiger partial charge in [0, 0.05) is 6.04 Å². The maximum atomic E-state index is 6.02. The summed E-state index contributed by atoms with van der Waals surface area (Å²) in [5.74, 6) is 0.968. The van der Waals surface area contributed by atoms with E-state index in [0.717, 1.165) is 18.9 Å².